The Morgan fingerprint density at radius 2 is 1.11 bits per heavy atom. The number of ether oxygens (including phenoxy) is 2. The summed E-state index contributed by atoms with van der Waals surface area (Å²) in [6.45, 7) is 13.0. The van der Waals surface area contributed by atoms with Gasteiger partial charge >= 0.3 is 19.5 Å². The fourth-order valence-electron chi connectivity index (χ4n) is 5.19. The first kappa shape index (κ1) is 39.0. The van der Waals surface area contributed by atoms with E-state index in [1.165, 1.54) is 34.1 Å². The predicted octanol–water partition coefficient (Wildman–Crippen LogP) is 9.19. The predicted molar refractivity (Wildman–Crippen MR) is 199 cm³/mol. The summed E-state index contributed by atoms with van der Waals surface area (Å²) in [4.78, 5) is 0. The van der Waals surface area contributed by atoms with E-state index in [-0.39, 0.29) is 33.0 Å². The molecule has 0 unspecified atom stereocenters. The summed E-state index contributed by atoms with van der Waals surface area (Å²) in [6, 6.07) is 43.4. The van der Waals surface area contributed by atoms with Crippen LogP contribution in [0.3, 0.4) is 0 Å². The van der Waals surface area contributed by atoms with Gasteiger partial charge in [0.1, 0.15) is 22.6 Å². The van der Waals surface area contributed by atoms with Gasteiger partial charge in [-0.05, 0) is 54.4 Å². The van der Waals surface area contributed by atoms with E-state index in [1.807, 2.05) is 13.8 Å². The molecule has 0 aliphatic carbocycles. The van der Waals surface area contributed by atoms with Gasteiger partial charge < -0.3 is 22.8 Å². The third-order valence-electron chi connectivity index (χ3n) is 7.42. The zero-order chi connectivity index (χ0) is 30.7. The molecule has 4 aromatic rings. The molecule has 0 bridgehead atoms. The zero-order valence-electron chi connectivity index (χ0n) is 28.1. The second kappa shape index (κ2) is 19.5. The first-order valence-corrected chi connectivity index (χ1v) is 18.8. The van der Waals surface area contributed by atoms with Crippen LogP contribution in [0.15, 0.2) is 133 Å². The Kier molecular flexibility index (Phi) is 16.9. The number of hydrogen-bond acceptors (Lipinski definition) is 2. The Bertz CT molecular complexity index is 1290. The fourth-order valence-corrected chi connectivity index (χ4v) is 10.1. The molecule has 45 heavy (non-hydrogen) atoms. The summed E-state index contributed by atoms with van der Waals surface area (Å²) in [5, 5.41) is 5.49. The van der Waals surface area contributed by atoms with E-state index in [1.54, 1.807) is 5.92 Å². The Hall–Kier alpha value is -2.14. The van der Waals surface area contributed by atoms with Crippen molar-refractivity contribution in [1.82, 2.24) is 0 Å². The van der Waals surface area contributed by atoms with Crippen molar-refractivity contribution in [3.8, 4) is 0 Å². The van der Waals surface area contributed by atoms with Crippen LogP contribution in [0.25, 0.3) is 0 Å². The van der Waals surface area contributed by atoms with Gasteiger partial charge in [0.05, 0.1) is 26.5 Å². The largest absolute Gasteiger partial charge is 2.00 e. The summed E-state index contributed by atoms with van der Waals surface area (Å²) in [5.74, 6) is 5.14. The Labute approximate surface area is 289 Å². The summed E-state index contributed by atoms with van der Waals surface area (Å²) < 4.78 is 13.0. The molecule has 0 spiro atoms. The molecule has 5 rings (SSSR count). The van der Waals surface area contributed by atoms with Gasteiger partial charge in [0.2, 0.25) is 5.79 Å². The molecule has 2 nitrogen and oxygen atoms in total. The molecule has 1 heterocycles. The van der Waals surface area contributed by atoms with E-state index >= 15 is 0 Å². The molecule has 0 aromatic heterocycles. The van der Waals surface area contributed by atoms with Gasteiger partial charge in [-0.2, -0.15) is 20.3 Å². The van der Waals surface area contributed by atoms with E-state index in [0.717, 1.165) is 17.8 Å². The minimum atomic E-state index is -1.18. The van der Waals surface area contributed by atoms with Crippen molar-refractivity contribution in [3.05, 3.63) is 146 Å². The average molecular weight is 728 g/mol. The van der Waals surface area contributed by atoms with Crippen LogP contribution in [0.1, 0.15) is 54.4 Å². The van der Waals surface area contributed by atoms with Crippen LogP contribution in [0.5, 0.6) is 0 Å². The molecule has 0 N–H and O–H groups in total. The molecule has 1 fully saturated rings. The standard InChI is InChI=1S/C31H30O2P2.C8H17.CH3.Ru/c1-31(2)32-29(23-34(25-15-7-3-8-16-25)26-17-9-4-10-18-26)30(33-31)24-35(27-19-11-5-12-20-27)28-21-13-6-14-22-28;1-7(2)5-6-8(3)4;;/h3-23,30H,24H2,1-2H3;7H,5-6H2,1-4H3;1H3;/q;2*-1;+2/p+2/b29-23+;;;/t30-;;;/m1.../s1. The minimum Gasteiger partial charge on any atom is -0.461 e. The molecule has 1 saturated heterocycles. The van der Waals surface area contributed by atoms with Crippen molar-refractivity contribution in [2.24, 2.45) is 5.92 Å². The van der Waals surface area contributed by atoms with E-state index in [0.29, 0.717) is 0 Å². The van der Waals surface area contributed by atoms with Gasteiger partial charge in [-0.25, -0.2) is 0 Å². The summed E-state index contributed by atoms with van der Waals surface area (Å²) in [5.41, 5.74) is 0. The van der Waals surface area contributed by atoms with Gasteiger partial charge in [0.15, 0.2) is 11.9 Å². The summed E-state index contributed by atoms with van der Waals surface area (Å²) in [7, 11) is -2.25. The van der Waals surface area contributed by atoms with Gasteiger partial charge in [-0.3, -0.25) is 0 Å². The van der Waals surface area contributed by atoms with Crippen molar-refractivity contribution in [3.63, 3.8) is 0 Å². The molecule has 1 aliphatic heterocycles. The van der Waals surface area contributed by atoms with Gasteiger partial charge in [-0.15, -0.1) is 0 Å². The van der Waals surface area contributed by atoms with Gasteiger partial charge in [-0.1, -0.05) is 93.1 Å². The molecule has 240 valence electrons. The summed E-state index contributed by atoms with van der Waals surface area (Å²) >= 11 is 0. The molecular weight excluding hydrogens is 675 g/mol. The topological polar surface area (TPSA) is 18.5 Å². The Balaban J connectivity index is 0.000000627. The normalized spacial score (nSPS) is 16.1. The summed E-state index contributed by atoms with van der Waals surface area (Å²) in [6.07, 6.45) is 3.50. The van der Waals surface area contributed by atoms with E-state index in [9.17, 15) is 0 Å². The van der Waals surface area contributed by atoms with Crippen molar-refractivity contribution in [1.29, 1.82) is 0 Å². The SMILES string of the molecule is CC1(C)O/C(=C/[PH+](c2ccccc2)c2ccccc2)[C@@H](C[PH+](c2ccccc2)c2ccccc2)O1.C[C-](C)CCC(C)C.[CH3-].[Ru+2]. The quantitative estimate of drug-likeness (QED) is 0.0922. The molecule has 0 amide bonds. The third-order valence-corrected chi connectivity index (χ3v) is 12.7. The van der Waals surface area contributed by atoms with Crippen LogP contribution in [-0.4, -0.2) is 18.1 Å². The number of rotatable bonds is 10. The number of benzene rings is 4. The van der Waals surface area contributed by atoms with E-state index < -0.39 is 21.6 Å². The van der Waals surface area contributed by atoms with Crippen LogP contribution in [0, 0.1) is 19.3 Å². The first-order valence-electron chi connectivity index (χ1n) is 15.5. The van der Waals surface area contributed by atoms with E-state index in [2.05, 4.69) is 155 Å². The van der Waals surface area contributed by atoms with Crippen LogP contribution in [0.4, 0.5) is 0 Å². The number of hydrogen-bond donors (Lipinski definition) is 0. The van der Waals surface area contributed by atoms with Crippen LogP contribution in [0.2, 0.25) is 0 Å². The molecule has 0 radical (unpaired) electrons. The minimum absolute atomic E-state index is 0. The van der Waals surface area contributed by atoms with Crippen LogP contribution in [-0.2, 0) is 29.0 Å². The van der Waals surface area contributed by atoms with Gasteiger partial charge in [0, 0.05) is 13.8 Å². The van der Waals surface area contributed by atoms with Crippen molar-refractivity contribution in [2.45, 2.75) is 66.3 Å². The van der Waals surface area contributed by atoms with Crippen molar-refractivity contribution >= 4 is 37.1 Å². The van der Waals surface area contributed by atoms with E-state index in [4.69, 9.17) is 9.47 Å². The molecule has 4 aromatic carbocycles. The maximum Gasteiger partial charge on any atom is 2.00 e. The molecule has 5 heteroatoms. The average Bonchev–Trinajstić information content (AvgIpc) is 3.32. The third kappa shape index (κ3) is 12.5. The first-order chi connectivity index (χ1) is 20.7. The molecule has 1 aliphatic rings. The second-order valence-electron chi connectivity index (χ2n) is 12.4. The molecule has 1 atom stereocenters. The maximum atomic E-state index is 6.56. The Morgan fingerprint density at radius 3 is 1.47 bits per heavy atom. The molecular formula is C40H52O2P2Ru+2. The second-order valence-corrected chi connectivity index (χ2v) is 17.1. The smallest absolute Gasteiger partial charge is 0.461 e. The Morgan fingerprint density at radius 1 is 0.711 bits per heavy atom. The fraction of sp³-hybridized carbons (Fsp3) is 0.300. The van der Waals surface area contributed by atoms with Crippen LogP contribution < -0.4 is 21.2 Å². The van der Waals surface area contributed by atoms with Crippen LogP contribution >= 0.6 is 15.8 Å². The zero-order valence-corrected chi connectivity index (χ0v) is 31.8. The molecule has 0 saturated carbocycles. The van der Waals surface area contributed by atoms with Crippen molar-refractivity contribution < 1.29 is 29.0 Å². The van der Waals surface area contributed by atoms with Crippen molar-refractivity contribution in [2.75, 3.05) is 6.16 Å². The van der Waals surface area contributed by atoms with Gasteiger partial charge in [0.25, 0.3) is 0 Å². The maximum absolute atomic E-state index is 6.56. The monoisotopic (exact) mass is 728 g/mol.